The second kappa shape index (κ2) is 8.42. The van der Waals surface area contributed by atoms with Crippen LogP contribution in [0.15, 0.2) is 36.7 Å². The van der Waals surface area contributed by atoms with E-state index in [4.69, 9.17) is 9.47 Å². The largest absolute Gasteiger partial charge is 0.467 e. The number of halogens is 1. The molecule has 0 bridgehead atoms. The van der Waals surface area contributed by atoms with Crippen molar-refractivity contribution in [3.8, 4) is 6.01 Å². The third kappa shape index (κ3) is 4.54. The normalized spacial score (nSPS) is 23.2. The van der Waals surface area contributed by atoms with Crippen LogP contribution in [-0.4, -0.2) is 59.7 Å². The van der Waals surface area contributed by atoms with Gasteiger partial charge in [-0.2, -0.15) is 0 Å². The van der Waals surface area contributed by atoms with Crippen molar-refractivity contribution in [3.05, 3.63) is 48.0 Å². The fourth-order valence-corrected chi connectivity index (χ4v) is 4.04. The van der Waals surface area contributed by atoms with Crippen molar-refractivity contribution in [1.82, 2.24) is 14.9 Å². The minimum absolute atomic E-state index is 0.0592. The van der Waals surface area contributed by atoms with Gasteiger partial charge in [0, 0.05) is 36.7 Å². The van der Waals surface area contributed by atoms with E-state index in [9.17, 15) is 9.18 Å². The molecule has 1 amide bonds. The monoisotopic (exact) mass is 400 g/mol. The number of likely N-dealkylation sites (tertiary alicyclic amines) is 1. The van der Waals surface area contributed by atoms with E-state index >= 15 is 0 Å². The van der Waals surface area contributed by atoms with Crippen LogP contribution >= 0.6 is 0 Å². The van der Waals surface area contributed by atoms with Crippen LogP contribution in [0.4, 0.5) is 10.1 Å². The number of anilines is 1. The molecule has 154 valence electrons. The van der Waals surface area contributed by atoms with Crippen LogP contribution in [0.3, 0.4) is 0 Å². The number of hydrogen-bond acceptors (Lipinski definition) is 6. The third-order valence-corrected chi connectivity index (χ3v) is 5.65. The molecular formula is C21H25FN4O3. The van der Waals surface area contributed by atoms with Crippen LogP contribution in [0, 0.1) is 5.82 Å². The minimum atomic E-state index is -0.368. The first-order valence-corrected chi connectivity index (χ1v) is 9.84. The first-order chi connectivity index (χ1) is 14.1. The first kappa shape index (κ1) is 19.7. The van der Waals surface area contributed by atoms with Crippen LogP contribution < -0.4 is 9.64 Å². The topological polar surface area (TPSA) is 67.8 Å². The van der Waals surface area contributed by atoms with Crippen molar-refractivity contribution in [1.29, 1.82) is 0 Å². The summed E-state index contributed by atoms with van der Waals surface area (Å²) in [7, 11) is 1.55. The molecule has 2 aliphatic rings. The maximum absolute atomic E-state index is 13.3. The third-order valence-electron chi connectivity index (χ3n) is 5.65. The van der Waals surface area contributed by atoms with Gasteiger partial charge in [-0.3, -0.25) is 9.69 Å². The molecule has 1 aromatic heterocycles. The van der Waals surface area contributed by atoms with Gasteiger partial charge in [0.1, 0.15) is 12.4 Å². The number of ether oxygens (including phenoxy) is 2. The molecule has 0 radical (unpaired) electrons. The first-order valence-electron chi connectivity index (χ1n) is 9.84. The lowest BCUT2D eigenvalue weighted by atomic mass is 9.92. The number of morpholine rings is 1. The average Bonchev–Trinajstić information content (AvgIpc) is 2.94. The zero-order valence-electron chi connectivity index (χ0n) is 16.5. The summed E-state index contributed by atoms with van der Waals surface area (Å²) in [5, 5.41) is 0. The highest BCUT2D eigenvalue weighted by Gasteiger charge is 2.41. The fourth-order valence-electron chi connectivity index (χ4n) is 4.04. The number of aromatic nitrogens is 2. The van der Waals surface area contributed by atoms with Gasteiger partial charge in [-0.05, 0) is 50.1 Å². The van der Waals surface area contributed by atoms with Gasteiger partial charge in [-0.25, -0.2) is 14.4 Å². The highest BCUT2D eigenvalue weighted by molar-refractivity contribution is 5.95. The van der Waals surface area contributed by atoms with Crippen molar-refractivity contribution in [2.24, 2.45) is 0 Å². The summed E-state index contributed by atoms with van der Waals surface area (Å²) in [6, 6.07) is 6.44. The van der Waals surface area contributed by atoms with Crippen LogP contribution in [-0.2, 0) is 16.1 Å². The predicted molar refractivity (Wildman–Crippen MR) is 105 cm³/mol. The minimum Gasteiger partial charge on any atom is -0.467 e. The maximum Gasteiger partial charge on any atom is 0.316 e. The Bertz CT molecular complexity index is 846. The molecule has 1 unspecified atom stereocenters. The Kier molecular flexibility index (Phi) is 5.73. The van der Waals surface area contributed by atoms with E-state index in [1.807, 2.05) is 0 Å². The van der Waals surface area contributed by atoms with E-state index in [1.54, 1.807) is 36.5 Å². The quantitative estimate of drug-likeness (QED) is 0.785. The van der Waals surface area contributed by atoms with Crippen molar-refractivity contribution < 1.29 is 18.7 Å². The molecule has 2 fully saturated rings. The highest BCUT2D eigenvalue weighted by Crippen LogP contribution is 2.33. The van der Waals surface area contributed by atoms with Crippen molar-refractivity contribution in [2.45, 2.75) is 31.4 Å². The smallest absolute Gasteiger partial charge is 0.316 e. The average molecular weight is 400 g/mol. The predicted octanol–water partition coefficient (Wildman–Crippen LogP) is 2.41. The molecule has 0 N–H and O–H groups in total. The standard InChI is InChI=1S/C21H25FN4O3/c1-28-20-23-11-16(12-24-20)13-25-9-2-7-21(8-10-25)15-26(19(27)14-29-21)18-5-3-17(22)4-6-18/h3-6,11-12H,2,7-10,13-15H2,1H3. The second-order valence-corrected chi connectivity index (χ2v) is 7.64. The molecule has 0 saturated carbocycles. The molecule has 1 spiro atoms. The highest BCUT2D eigenvalue weighted by atomic mass is 19.1. The van der Waals surface area contributed by atoms with Crippen LogP contribution in [0.25, 0.3) is 0 Å². The van der Waals surface area contributed by atoms with Crippen molar-refractivity contribution in [2.75, 3.05) is 38.3 Å². The SMILES string of the molecule is COc1ncc(CN2CCCC3(CC2)CN(c2ccc(F)cc2)C(=O)CO3)cn1. The lowest BCUT2D eigenvalue weighted by molar-refractivity contribution is -0.140. The number of rotatable bonds is 4. The summed E-state index contributed by atoms with van der Waals surface area (Å²) < 4.78 is 24.3. The van der Waals surface area contributed by atoms with Gasteiger partial charge in [0.15, 0.2) is 0 Å². The molecular weight excluding hydrogens is 375 g/mol. The summed E-state index contributed by atoms with van der Waals surface area (Å²) >= 11 is 0. The van der Waals surface area contributed by atoms with Crippen molar-refractivity contribution >= 4 is 11.6 Å². The Morgan fingerprint density at radius 2 is 1.93 bits per heavy atom. The van der Waals surface area contributed by atoms with Gasteiger partial charge in [0.25, 0.3) is 5.91 Å². The van der Waals surface area contributed by atoms with Crippen LogP contribution in [0.5, 0.6) is 6.01 Å². The Balaban J connectivity index is 1.42. The zero-order chi connectivity index (χ0) is 20.3. The zero-order valence-corrected chi connectivity index (χ0v) is 16.5. The molecule has 2 saturated heterocycles. The molecule has 1 aromatic carbocycles. The number of nitrogens with zero attached hydrogens (tertiary/aromatic N) is 4. The molecule has 2 aromatic rings. The maximum atomic E-state index is 13.3. The van der Waals surface area contributed by atoms with Gasteiger partial charge in [0.2, 0.25) is 0 Å². The second-order valence-electron chi connectivity index (χ2n) is 7.64. The summed E-state index contributed by atoms with van der Waals surface area (Å²) in [5.74, 6) is -0.393. The van der Waals surface area contributed by atoms with E-state index in [1.165, 1.54) is 12.1 Å². The molecule has 4 rings (SSSR count). The molecule has 29 heavy (non-hydrogen) atoms. The number of benzene rings is 1. The number of carbonyl (C=O) groups excluding carboxylic acids is 1. The van der Waals surface area contributed by atoms with Gasteiger partial charge >= 0.3 is 6.01 Å². The Morgan fingerprint density at radius 3 is 2.66 bits per heavy atom. The number of methoxy groups -OCH3 is 1. The molecule has 7 nitrogen and oxygen atoms in total. The lowest BCUT2D eigenvalue weighted by Gasteiger charge is -2.42. The summed E-state index contributed by atoms with van der Waals surface area (Å²) in [6.07, 6.45) is 6.27. The Labute approximate surface area is 169 Å². The summed E-state index contributed by atoms with van der Waals surface area (Å²) in [5.41, 5.74) is 1.39. The van der Waals surface area contributed by atoms with Gasteiger partial charge in [-0.15, -0.1) is 0 Å². The van der Waals surface area contributed by atoms with E-state index in [-0.39, 0.29) is 23.9 Å². The number of hydrogen-bond donors (Lipinski definition) is 0. The lowest BCUT2D eigenvalue weighted by Crippen LogP contribution is -2.55. The van der Waals surface area contributed by atoms with Crippen LogP contribution in [0.2, 0.25) is 0 Å². The van der Waals surface area contributed by atoms with Crippen molar-refractivity contribution in [3.63, 3.8) is 0 Å². The number of amides is 1. The summed E-state index contributed by atoms with van der Waals surface area (Å²) in [4.78, 5) is 24.9. The van der Waals surface area contributed by atoms with Gasteiger partial charge < -0.3 is 14.4 Å². The van der Waals surface area contributed by atoms with E-state index in [0.717, 1.165) is 50.1 Å². The molecule has 3 heterocycles. The summed E-state index contributed by atoms with van der Waals surface area (Å²) in [6.45, 7) is 3.13. The Hall–Kier alpha value is -2.58. The fraction of sp³-hybridized carbons (Fsp3) is 0.476. The number of carbonyl (C=O) groups is 1. The van der Waals surface area contributed by atoms with Gasteiger partial charge in [0.05, 0.1) is 19.3 Å². The van der Waals surface area contributed by atoms with E-state index < -0.39 is 0 Å². The Morgan fingerprint density at radius 1 is 1.17 bits per heavy atom. The molecule has 2 aliphatic heterocycles. The molecule has 8 heteroatoms. The molecule has 0 aliphatic carbocycles. The van der Waals surface area contributed by atoms with Crippen LogP contribution in [0.1, 0.15) is 24.8 Å². The van der Waals surface area contributed by atoms with E-state index in [2.05, 4.69) is 14.9 Å². The molecule has 1 atom stereocenters. The van der Waals surface area contributed by atoms with Gasteiger partial charge in [-0.1, -0.05) is 0 Å². The van der Waals surface area contributed by atoms with E-state index in [0.29, 0.717) is 12.6 Å².